The topological polar surface area (TPSA) is 147 Å². The van der Waals surface area contributed by atoms with Crippen LogP contribution in [0.1, 0.15) is 29.5 Å². The molecule has 2 aromatic carbocycles. The summed E-state index contributed by atoms with van der Waals surface area (Å²) in [5.74, 6) is -5.13. The van der Waals surface area contributed by atoms with Crippen LogP contribution < -0.4 is 5.73 Å². The van der Waals surface area contributed by atoms with Crippen molar-refractivity contribution in [3.63, 3.8) is 0 Å². The van der Waals surface area contributed by atoms with Crippen molar-refractivity contribution < 1.29 is 34.4 Å². The SMILES string of the molecule is NC(=O)C1=C(OCc2ccccc2)CC2CC3Cc4c(I)ccc(O)c4C(O)=C3C(=O)C2(O)C1=O. The molecule has 3 atom stereocenters. The minimum atomic E-state index is -2.56. The number of carbonyl (C=O) groups excluding carboxylic acids is 3. The number of primary amides is 1. The Bertz CT molecular complexity index is 1350. The van der Waals surface area contributed by atoms with E-state index in [0.29, 0.717) is 12.0 Å². The number of ketones is 2. The minimum Gasteiger partial charge on any atom is -0.507 e. The second-order valence-electron chi connectivity index (χ2n) is 9.08. The minimum absolute atomic E-state index is 0.0341. The van der Waals surface area contributed by atoms with E-state index in [1.54, 1.807) is 6.07 Å². The van der Waals surface area contributed by atoms with E-state index in [1.807, 2.05) is 30.3 Å². The van der Waals surface area contributed by atoms with E-state index >= 15 is 0 Å². The van der Waals surface area contributed by atoms with Crippen LogP contribution in [0, 0.1) is 15.4 Å². The number of Topliss-reactive ketones (excluding diaryl/α,β-unsaturated/α-hetero) is 2. The summed E-state index contributed by atoms with van der Waals surface area (Å²) in [6.07, 6.45) is 0.511. The Kier molecular flexibility index (Phi) is 5.71. The van der Waals surface area contributed by atoms with Gasteiger partial charge in [-0.25, -0.2) is 0 Å². The van der Waals surface area contributed by atoms with Crippen molar-refractivity contribution in [1.29, 1.82) is 0 Å². The maximum absolute atomic E-state index is 13.6. The predicted octanol–water partition coefficient (Wildman–Crippen LogP) is 2.69. The summed E-state index contributed by atoms with van der Waals surface area (Å²) in [6.45, 7) is 0.0829. The summed E-state index contributed by atoms with van der Waals surface area (Å²) >= 11 is 2.10. The number of carbonyl (C=O) groups is 3. The van der Waals surface area contributed by atoms with Crippen LogP contribution in [0.5, 0.6) is 5.75 Å². The van der Waals surface area contributed by atoms with Gasteiger partial charge in [0.05, 0.1) is 5.56 Å². The highest BCUT2D eigenvalue weighted by Gasteiger charge is 2.61. The number of aliphatic hydroxyl groups is 2. The van der Waals surface area contributed by atoms with Gasteiger partial charge >= 0.3 is 0 Å². The van der Waals surface area contributed by atoms with Crippen LogP contribution in [-0.4, -0.2) is 38.4 Å². The molecule has 0 saturated heterocycles. The summed E-state index contributed by atoms with van der Waals surface area (Å²) in [5.41, 5.74) is 3.91. The van der Waals surface area contributed by atoms with Crippen LogP contribution in [-0.2, 0) is 32.1 Å². The molecule has 0 aliphatic heterocycles. The standard InChI is InChI=1S/C26H22INO7/c27-16-6-7-17(29)20-15(16)9-13-8-14-10-18(35-11-12-4-2-1-3-5-12)21(25(28)33)24(32)26(14,34)23(31)19(13)22(20)30/h1-7,13-14,29-30,34H,8-11H2,(H2,28,33). The molecule has 5 rings (SSSR count). The zero-order chi connectivity index (χ0) is 25.1. The molecule has 2 aromatic rings. The fourth-order valence-electron chi connectivity index (χ4n) is 5.44. The Hall–Kier alpha value is -3.18. The number of aliphatic hydroxyl groups excluding tert-OH is 1. The maximum Gasteiger partial charge on any atom is 0.255 e. The van der Waals surface area contributed by atoms with Crippen molar-refractivity contribution in [2.75, 3.05) is 0 Å². The molecule has 0 spiro atoms. The maximum atomic E-state index is 13.6. The first-order chi connectivity index (χ1) is 16.6. The highest BCUT2D eigenvalue weighted by atomic mass is 127. The van der Waals surface area contributed by atoms with Gasteiger partial charge in [-0.05, 0) is 64.6 Å². The Morgan fingerprint density at radius 1 is 1.09 bits per heavy atom. The van der Waals surface area contributed by atoms with Crippen LogP contribution in [0.4, 0.5) is 0 Å². The first-order valence-electron chi connectivity index (χ1n) is 11.1. The fraction of sp³-hybridized carbons (Fsp3) is 0.269. The molecule has 3 aliphatic carbocycles. The van der Waals surface area contributed by atoms with Gasteiger partial charge in [-0.2, -0.15) is 0 Å². The number of halogens is 1. The van der Waals surface area contributed by atoms with Gasteiger partial charge in [-0.1, -0.05) is 30.3 Å². The summed E-state index contributed by atoms with van der Waals surface area (Å²) in [4.78, 5) is 39.3. The zero-order valence-corrected chi connectivity index (χ0v) is 20.6. The number of hydrogen-bond acceptors (Lipinski definition) is 7. The van der Waals surface area contributed by atoms with Gasteiger partial charge in [-0.15, -0.1) is 0 Å². The summed E-state index contributed by atoms with van der Waals surface area (Å²) in [7, 11) is 0. The van der Waals surface area contributed by atoms with E-state index in [9.17, 15) is 29.7 Å². The molecule has 0 radical (unpaired) electrons. The third-order valence-electron chi connectivity index (χ3n) is 7.12. The number of ether oxygens (including phenoxy) is 1. The number of hydrogen-bond donors (Lipinski definition) is 4. The van der Waals surface area contributed by atoms with Crippen LogP contribution in [0.2, 0.25) is 0 Å². The third kappa shape index (κ3) is 3.56. The van der Waals surface area contributed by atoms with Crippen molar-refractivity contribution in [2.24, 2.45) is 17.6 Å². The van der Waals surface area contributed by atoms with Crippen molar-refractivity contribution in [2.45, 2.75) is 31.5 Å². The highest BCUT2D eigenvalue weighted by molar-refractivity contribution is 14.1. The Morgan fingerprint density at radius 3 is 2.49 bits per heavy atom. The molecule has 0 bridgehead atoms. The smallest absolute Gasteiger partial charge is 0.255 e. The van der Waals surface area contributed by atoms with Crippen molar-refractivity contribution in [3.8, 4) is 5.75 Å². The summed E-state index contributed by atoms with van der Waals surface area (Å²) < 4.78 is 6.65. The summed E-state index contributed by atoms with van der Waals surface area (Å²) in [5, 5.41) is 32.8. The lowest BCUT2D eigenvalue weighted by Crippen LogP contribution is -2.61. The number of rotatable bonds is 4. The van der Waals surface area contributed by atoms with Gasteiger partial charge in [0, 0.05) is 21.5 Å². The molecule has 0 heterocycles. The van der Waals surface area contributed by atoms with Gasteiger partial charge in [0.1, 0.15) is 29.4 Å². The molecule has 1 amide bonds. The lowest BCUT2D eigenvalue weighted by atomic mass is 9.58. The lowest BCUT2D eigenvalue weighted by Gasteiger charge is -2.46. The van der Waals surface area contributed by atoms with Gasteiger partial charge < -0.3 is 25.8 Å². The fourth-order valence-corrected chi connectivity index (χ4v) is 6.11. The lowest BCUT2D eigenvalue weighted by molar-refractivity contribution is -0.158. The highest BCUT2D eigenvalue weighted by Crippen LogP contribution is 2.52. The van der Waals surface area contributed by atoms with E-state index in [2.05, 4.69) is 22.6 Å². The van der Waals surface area contributed by atoms with E-state index in [-0.39, 0.29) is 42.1 Å². The van der Waals surface area contributed by atoms with Crippen LogP contribution in [0.15, 0.2) is 59.4 Å². The Balaban J connectivity index is 1.57. The molecule has 0 aromatic heterocycles. The molecule has 9 heteroatoms. The number of allylic oxidation sites excluding steroid dienone is 1. The van der Waals surface area contributed by atoms with E-state index in [0.717, 1.165) is 9.13 Å². The molecule has 3 unspecified atom stereocenters. The van der Waals surface area contributed by atoms with Gasteiger partial charge in [0.15, 0.2) is 5.60 Å². The van der Waals surface area contributed by atoms with Crippen molar-refractivity contribution >= 4 is 45.8 Å². The predicted molar refractivity (Wildman–Crippen MR) is 133 cm³/mol. The first kappa shape index (κ1) is 23.6. The number of nitrogens with two attached hydrogens (primary N) is 1. The normalized spacial score (nSPS) is 25.7. The monoisotopic (exact) mass is 587 g/mol. The third-order valence-corrected chi connectivity index (χ3v) is 8.13. The average Bonchev–Trinajstić information content (AvgIpc) is 2.82. The number of aromatic hydroxyl groups is 1. The molecule has 1 saturated carbocycles. The van der Waals surface area contributed by atoms with Crippen LogP contribution >= 0.6 is 22.6 Å². The number of phenolic OH excluding ortho intramolecular Hbond substituents is 1. The van der Waals surface area contributed by atoms with Gasteiger partial charge in [-0.3, -0.25) is 14.4 Å². The second kappa shape index (κ2) is 8.49. The number of phenols is 1. The van der Waals surface area contributed by atoms with Gasteiger partial charge in [0.2, 0.25) is 11.6 Å². The second-order valence-corrected chi connectivity index (χ2v) is 10.2. The molecule has 180 valence electrons. The van der Waals surface area contributed by atoms with Crippen LogP contribution in [0.25, 0.3) is 5.76 Å². The number of benzene rings is 2. The Morgan fingerprint density at radius 2 is 1.80 bits per heavy atom. The van der Waals surface area contributed by atoms with Crippen LogP contribution in [0.3, 0.4) is 0 Å². The van der Waals surface area contributed by atoms with E-state index in [4.69, 9.17) is 10.5 Å². The molecule has 5 N–H and O–H groups in total. The first-order valence-corrected chi connectivity index (χ1v) is 12.2. The molecular weight excluding hydrogens is 565 g/mol. The van der Waals surface area contributed by atoms with Gasteiger partial charge in [0.25, 0.3) is 5.91 Å². The molecule has 1 fully saturated rings. The quantitative estimate of drug-likeness (QED) is 0.244. The molecular formula is C26H22INO7. The molecule has 35 heavy (non-hydrogen) atoms. The van der Waals surface area contributed by atoms with Crippen molar-refractivity contribution in [3.05, 3.63) is 79.6 Å². The average molecular weight is 587 g/mol. The van der Waals surface area contributed by atoms with E-state index < -0.39 is 46.2 Å². The van der Waals surface area contributed by atoms with Crippen molar-refractivity contribution in [1.82, 2.24) is 0 Å². The summed E-state index contributed by atoms with van der Waals surface area (Å²) in [6, 6.07) is 12.3. The molecule has 8 nitrogen and oxygen atoms in total. The zero-order valence-electron chi connectivity index (χ0n) is 18.5. The molecule has 3 aliphatic rings. The Labute approximate surface area is 214 Å². The van der Waals surface area contributed by atoms with E-state index in [1.165, 1.54) is 6.07 Å². The largest absolute Gasteiger partial charge is 0.507 e. The number of amides is 1. The number of fused-ring (bicyclic) bond motifs is 3.